The van der Waals surface area contributed by atoms with Crippen LogP contribution in [0.1, 0.15) is 64.9 Å². The Morgan fingerprint density at radius 3 is 2.26 bits per heavy atom. The Labute approximate surface area is 332 Å². The molecule has 6 heterocycles. The Morgan fingerprint density at radius 1 is 0.759 bits per heavy atom. The van der Waals surface area contributed by atoms with Gasteiger partial charge in [-0.3, -0.25) is 39.4 Å². The fourth-order valence-corrected chi connectivity index (χ4v) is 8.28. The second-order valence-corrected chi connectivity index (χ2v) is 15.2. The van der Waals surface area contributed by atoms with E-state index >= 15 is 0 Å². The van der Waals surface area contributed by atoms with Gasteiger partial charge in [-0.05, 0) is 93.6 Å². The highest BCUT2D eigenvalue weighted by atomic mass is 19.4. The molecule has 0 bridgehead atoms. The summed E-state index contributed by atoms with van der Waals surface area (Å²) in [6.45, 7) is 5.48. The molecule has 4 amide bonds. The van der Waals surface area contributed by atoms with E-state index < -0.39 is 42.4 Å². The van der Waals surface area contributed by atoms with Crippen LogP contribution in [0.3, 0.4) is 0 Å². The van der Waals surface area contributed by atoms with Crippen LogP contribution in [0, 0.1) is 0 Å². The zero-order valence-electron chi connectivity index (χ0n) is 32.0. The van der Waals surface area contributed by atoms with Gasteiger partial charge in [0.1, 0.15) is 18.3 Å². The van der Waals surface area contributed by atoms with Crippen molar-refractivity contribution in [2.24, 2.45) is 0 Å². The zero-order chi connectivity index (χ0) is 40.4. The summed E-state index contributed by atoms with van der Waals surface area (Å²) < 4.78 is 47.8. The lowest BCUT2D eigenvalue weighted by atomic mass is 10.0. The van der Waals surface area contributed by atoms with Gasteiger partial charge in [0.25, 0.3) is 11.8 Å². The van der Waals surface area contributed by atoms with E-state index in [0.29, 0.717) is 28.8 Å². The van der Waals surface area contributed by atoms with Gasteiger partial charge in [-0.2, -0.15) is 13.2 Å². The van der Waals surface area contributed by atoms with E-state index in [1.165, 1.54) is 10.8 Å². The zero-order valence-corrected chi connectivity index (χ0v) is 32.0. The minimum absolute atomic E-state index is 0.0740. The number of imide groups is 2. The van der Waals surface area contributed by atoms with Gasteiger partial charge in [0.15, 0.2) is 0 Å². The number of benzene rings is 2. The summed E-state index contributed by atoms with van der Waals surface area (Å²) in [7, 11) is 0. The molecule has 3 aromatic heterocycles. The van der Waals surface area contributed by atoms with E-state index in [4.69, 9.17) is 4.74 Å². The number of aromatic nitrogens is 3. The minimum Gasteiger partial charge on any atom is -0.494 e. The maximum atomic E-state index is 13.5. The average molecular weight is 796 g/mol. The summed E-state index contributed by atoms with van der Waals surface area (Å²) in [6, 6.07) is 15.0. The van der Waals surface area contributed by atoms with Gasteiger partial charge in [0, 0.05) is 73.2 Å². The summed E-state index contributed by atoms with van der Waals surface area (Å²) in [5, 5.41) is 3.64. The van der Waals surface area contributed by atoms with Crippen molar-refractivity contribution in [3.05, 3.63) is 90.0 Å². The quantitative estimate of drug-likeness (QED) is 0.106. The standard InChI is InChI=1S/C43H44F3N7O5/c44-43(45,46)27-52-36-14-15-47-26-35(36)32-10-7-28(23-38(32)52)29-6-8-30(48-25-29)5-4-17-51-20-18-50(19-21-51)16-2-1-3-22-58-31-9-11-33-34(24-31)42(57)53(41(33)56)37-12-13-39(54)49-40(37)55/h6-11,14-15,23-26,37H,1-5,12-13,16-22,27H2,(H,49,54,55). The number of carbonyl (C=O) groups is 4. The summed E-state index contributed by atoms with van der Waals surface area (Å²) in [6.07, 6.45) is 5.48. The third-order valence-corrected chi connectivity index (χ3v) is 11.3. The molecule has 15 heteroatoms. The average Bonchev–Trinajstić information content (AvgIpc) is 3.65. The number of pyridine rings is 2. The predicted octanol–water partition coefficient (Wildman–Crippen LogP) is 6.01. The van der Waals surface area contributed by atoms with Crippen molar-refractivity contribution in [2.75, 3.05) is 45.9 Å². The van der Waals surface area contributed by atoms with Crippen molar-refractivity contribution < 1.29 is 37.1 Å². The summed E-state index contributed by atoms with van der Waals surface area (Å²) in [5.41, 5.74) is 4.12. The van der Waals surface area contributed by atoms with Crippen LogP contribution >= 0.6 is 0 Å². The molecule has 0 spiro atoms. The Balaban J connectivity index is 0.729. The van der Waals surface area contributed by atoms with Crippen molar-refractivity contribution in [3.63, 3.8) is 0 Å². The Morgan fingerprint density at radius 2 is 1.52 bits per heavy atom. The summed E-state index contributed by atoms with van der Waals surface area (Å²) in [5.74, 6) is -1.63. The van der Waals surface area contributed by atoms with Crippen molar-refractivity contribution in [3.8, 4) is 16.9 Å². The third-order valence-electron chi connectivity index (χ3n) is 11.3. The molecule has 8 rings (SSSR count). The monoisotopic (exact) mass is 795 g/mol. The molecule has 58 heavy (non-hydrogen) atoms. The summed E-state index contributed by atoms with van der Waals surface area (Å²) in [4.78, 5) is 64.6. The first kappa shape index (κ1) is 39.2. The highest BCUT2D eigenvalue weighted by Crippen LogP contribution is 2.34. The molecule has 12 nitrogen and oxygen atoms in total. The van der Waals surface area contributed by atoms with Crippen LogP contribution in [-0.2, 0) is 22.6 Å². The first-order valence-corrected chi connectivity index (χ1v) is 19.8. The number of alkyl halides is 3. The van der Waals surface area contributed by atoms with E-state index in [1.807, 2.05) is 24.3 Å². The minimum atomic E-state index is -4.35. The molecule has 5 aromatic rings. The number of rotatable bonds is 14. The fraction of sp³-hybridized carbons (Fsp3) is 0.395. The number of nitrogens with one attached hydrogen (secondary N) is 1. The molecule has 2 fully saturated rings. The fourth-order valence-electron chi connectivity index (χ4n) is 8.28. The predicted molar refractivity (Wildman–Crippen MR) is 210 cm³/mol. The van der Waals surface area contributed by atoms with Gasteiger partial charge in [-0.25, -0.2) is 0 Å². The van der Waals surface area contributed by atoms with E-state index in [1.54, 1.807) is 42.7 Å². The molecule has 0 radical (unpaired) electrons. The number of halogens is 3. The Bertz CT molecular complexity index is 2350. The van der Waals surface area contributed by atoms with E-state index in [2.05, 4.69) is 25.1 Å². The number of unbranched alkanes of at least 4 members (excludes halogenated alkanes) is 2. The van der Waals surface area contributed by atoms with Crippen molar-refractivity contribution in [1.82, 2.24) is 34.6 Å². The molecule has 2 saturated heterocycles. The normalized spacial score (nSPS) is 18.1. The second kappa shape index (κ2) is 16.7. The number of piperidine rings is 1. The van der Waals surface area contributed by atoms with Gasteiger partial charge in [-0.1, -0.05) is 18.2 Å². The molecule has 1 atom stereocenters. The van der Waals surface area contributed by atoms with Gasteiger partial charge >= 0.3 is 6.18 Å². The number of amides is 4. The molecular formula is C43H44F3N7O5. The maximum Gasteiger partial charge on any atom is 0.406 e. The van der Waals surface area contributed by atoms with E-state index in [0.717, 1.165) is 98.5 Å². The van der Waals surface area contributed by atoms with Crippen LogP contribution in [0.2, 0.25) is 0 Å². The lowest BCUT2D eigenvalue weighted by Gasteiger charge is -2.34. The number of hydrogen-bond acceptors (Lipinski definition) is 9. The molecular weight excluding hydrogens is 752 g/mol. The molecule has 1 unspecified atom stereocenters. The topological polar surface area (TPSA) is 130 Å². The SMILES string of the molecule is O=C1CCC(N2C(=O)c3ccc(OCCCCCN4CCN(CCCc5ccc(-c6ccc7c8cnccc8n(CC(F)(F)F)c7c6)cn5)CC4)cc3C2=O)C(=O)N1. The molecule has 0 aliphatic carbocycles. The van der Waals surface area contributed by atoms with Gasteiger partial charge in [-0.15, -0.1) is 0 Å². The number of piperazine rings is 1. The van der Waals surface area contributed by atoms with Gasteiger partial charge in [0.2, 0.25) is 11.8 Å². The maximum absolute atomic E-state index is 13.5. The Hall–Kier alpha value is -5.67. The Kier molecular flexibility index (Phi) is 11.3. The number of nitrogens with zero attached hydrogens (tertiary/aromatic N) is 6. The van der Waals surface area contributed by atoms with Gasteiger partial charge < -0.3 is 19.1 Å². The first-order chi connectivity index (χ1) is 28.0. The van der Waals surface area contributed by atoms with E-state index in [-0.39, 0.29) is 24.0 Å². The van der Waals surface area contributed by atoms with Gasteiger partial charge in [0.05, 0.1) is 28.8 Å². The second-order valence-electron chi connectivity index (χ2n) is 15.2. The first-order valence-electron chi connectivity index (χ1n) is 19.8. The van der Waals surface area contributed by atoms with Crippen molar-refractivity contribution in [1.29, 1.82) is 0 Å². The highest BCUT2D eigenvalue weighted by Gasteiger charge is 2.44. The number of ether oxygens (including phenoxy) is 1. The molecule has 2 aromatic carbocycles. The third kappa shape index (κ3) is 8.46. The largest absolute Gasteiger partial charge is 0.494 e. The lowest BCUT2D eigenvalue weighted by Crippen LogP contribution is -2.54. The number of carbonyl (C=O) groups excluding carboxylic acids is 4. The van der Waals surface area contributed by atoms with Crippen LogP contribution in [0.15, 0.2) is 73.2 Å². The van der Waals surface area contributed by atoms with Crippen LogP contribution < -0.4 is 10.1 Å². The number of hydrogen-bond donors (Lipinski definition) is 1. The van der Waals surface area contributed by atoms with E-state index in [9.17, 15) is 32.3 Å². The molecule has 302 valence electrons. The lowest BCUT2D eigenvalue weighted by molar-refractivity contribution is -0.139. The molecule has 0 saturated carbocycles. The van der Waals surface area contributed by atoms with Crippen LogP contribution in [0.5, 0.6) is 5.75 Å². The molecule has 3 aliphatic rings. The van der Waals surface area contributed by atoms with Crippen LogP contribution in [0.4, 0.5) is 13.2 Å². The molecule has 3 aliphatic heterocycles. The number of fused-ring (bicyclic) bond motifs is 4. The smallest absolute Gasteiger partial charge is 0.406 e. The summed E-state index contributed by atoms with van der Waals surface area (Å²) >= 11 is 0. The van der Waals surface area contributed by atoms with Crippen molar-refractivity contribution in [2.45, 2.75) is 63.7 Å². The van der Waals surface area contributed by atoms with Crippen LogP contribution in [-0.4, -0.2) is 111 Å². The van der Waals surface area contributed by atoms with Crippen LogP contribution in [0.25, 0.3) is 32.9 Å². The van der Waals surface area contributed by atoms with Crippen molar-refractivity contribution >= 4 is 45.4 Å². The molecule has 1 N–H and O–H groups in total. The number of aryl methyl sites for hydroxylation is 1. The highest BCUT2D eigenvalue weighted by molar-refractivity contribution is 6.23.